The normalized spacial score (nSPS) is 17.0. The molecule has 0 bridgehead atoms. The van der Waals surface area contributed by atoms with Gasteiger partial charge in [-0.25, -0.2) is 0 Å². The van der Waals surface area contributed by atoms with Crippen molar-refractivity contribution >= 4 is 68.9 Å². The summed E-state index contributed by atoms with van der Waals surface area (Å²) in [6, 6.07) is 37.2. The molecule has 0 fully saturated rings. The van der Waals surface area contributed by atoms with Gasteiger partial charge in [-0.3, -0.25) is 0 Å². The molecule has 0 saturated heterocycles. The zero-order valence-electron chi connectivity index (χ0n) is 29.4. The van der Waals surface area contributed by atoms with E-state index in [2.05, 4.69) is 127 Å². The molecule has 3 aliphatic heterocycles. The van der Waals surface area contributed by atoms with Crippen molar-refractivity contribution < 1.29 is 4.74 Å². The van der Waals surface area contributed by atoms with E-state index in [4.69, 9.17) is 4.74 Å². The number of para-hydroxylation sites is 3. The molecule has 11 rings (SSSR count). The Bertz CT molecular complexity index is 2510. The van der Waals surface area contributed by atoms with E-state index in [0.29, 0.717) is 0 Å². The van der Waals surface area contributed by atoms with Crippen molar-refractivity contribution in [3.05, 3.63) is 125 Å². The van der Waals surface area contributed by atoms with Crippen molar-refractivity contribution in [2.75, 3.05) is 4.90 Å². The van der Waals surface area contributed by atoms with Gasteiger partial charge >= 0.3 is 0 Å². The van der Waals surface area contributed by atoms with Crippen LogP contribution in [0.15, 0.2) is 128 Å². The number of nitrogens with zero attached hydrogens (tertiary/aromatic N) is 2. The van der Waals surface area contributed by atoms with Gasteiger partial charge in [0.2, 0.25) is 6.71 Å². The van der Waals surface area contributed by atoms with Crippen LogP contribution in [0.5, 0.6) is 5.75 Å². The van der Waals surface area contributed by atoms with E-state index in [-0.39, 0.29) is 12.1 Å². The van der Waals surface area contributed by atoms with Gasteiger partial charge in [0.1, 0.15) is 5.76 Å². The third-order valence-corrected chi connectivity index (χ3v) is 14.0. The molecule has 0 radical (unpaired) electrons. The standard InChI is InChI=1S/C45H39BN2OS2/c1-45(2,3)27-23-42-44-43(24-27)51-41-26-29(48-36-14-6-8-17-38(36)49-39-18-9-7-15-37(39)48)20-22-33(41)46(44)32-21-19-28(25-40(32)50-42)47-34-13-5-4-11-30(34)31-12-10-16-35(31)47/h4-6,8,11,13-14,17,19-26H,7,9-10,12,15-16,18H2,1-3H3. The lowest BCUT2D eigenvalue weighted by Crippen LogP contribution is -2.58. The zero-order chi connectivity index (χ0) is 34.0. The minimum Gasteiger partial charge on any atom is -0.458 e. The summed E-state index contributed by atoms with van der Waals surface area (Å²) in [5, 5.41) is 1.42. The Morgan fingerprint density at radius 3 is 2.18 bits per heavy atom. The van der Waals surface area contributed by atoms with Crippen molar-refractivity contribution in [2.45, 2.75) is 90.7 Å². The first-order valence-electron chi connectivity index (χ1n) is 18.6. The van der Waals surface area contributed by atoms with Crippen LogP contribution in [0.25, 0.3) is 16.6 Å². The number of hydrogen-bond acceptors (Lipinski definition) is 4. The summed E-state index contributed by atoms with van der Waals surface area (Å²) in [7, 11) is 0. The second-order valence-electron chi connectivity index (χ2n) is 15.8. The third kappa shape index (κ3) is 4.55. The highest BCUT2D eigenvalue weighted by Crippen LogP contribution is 2.48. The lowest BCUT2D eigenvalue weighted by atomic mass is 9.36. The van der Waals surface area contributed by atoms with Crippen LogP contribution in [0, 0.1) is 0 Å². The molecule has 5 aromatic carbocycles. The molecule has 5 aliphatic rings. The fourth-order valence-electron chi connectivity index (χ4n) is 9.32. The van der Waals surface area contributed by atoms with Crippen LogP contribution >= 0.6 is 23.5 Å². The molecule has 3 nitrogen and oxygen atoms in total. The molecule has 0 atom stereocenters. The van der Waals surface area contributed by atoms with Crippen molar-refractivity contribution in [3.63, 3.8) is 0 Å². The van der Waals surface area contributed by atoms with Gasteiger partial charge in [-0.15, -0.1) is 0 Å². The number of ether oxygens (including phenoxy) is 1. The maximum Gasteiger partial charge on any atom is 0.247 e. The number of rotatable bonds is 2. The van der Waals surface area contributed by atoms with Crippen LogP contribution in [0.2, 0.25) is 0 Å². The molecular weight excluding hydrogens is 659 g/mol. The van der Waals surface area contributed by atoms with Crippen LogP contribution in [-0.4, -0.2) is 11.3 Å². The van der Waals surface area contributed by atoms with E-state index < -0.39 is 0 Å². The summed E-state index contributed by atoms with van der Waals surface area (Å²) < 4.78 is 9.07. The number of allylic oxidation sites excluding steroid dienone is 2. The Kier molecular flexibility index (Phi) is 6.62. The number of fused-ring (bicyclic) bond motifs is 8. The van der Waals surface area contributed by atoms with Crippen molar-refractivity contribution in [2.24, 2.45) is 0 Å². The Morgan fingerprint density at radius 2 is 1.37 bits per heavy atom. The Morgan fingerprint density at radius 1 is 0.667 bits per heavy atom. The molecule has 0 amide bonds. The molecule has 6 aromatic rings. The summed E-state index contributed by atoms with van der Waals surface area (Å²) in [6.07, 6.45) is 8.02. The molecule has 250 valence electrons. The zero-order valence-corrected chi connectivity index (χ0v) is 31.0. The quantitative estimate of drug-likeness (QED) is 0.167. The van der Waals surface area contributed by atoms with Gasteiger partial charge in [-0.05, 0) is 115 Å². The fraction of sp³-hybridized carbons (Fsp3) is 0.244. The highest BCUT2D eigenvalue weighted by atomic mass is 32.2. The largest absolute Gasteiger partial charge is 0.458 e. The first-order valence-corrected chi connectivity index (χ1v) is 20.3. The van der Waals surface area contributed by atoms with E-state index in [1.54, 1.807) is 5.56 Å². The molecule has 2 aliphatic carbocycles. The molecule has 0 N–H and O–H groups in total. The minimum absolute atomic E-state index is 0.0539. The minimum atomic E-state index is 0.0539. The Hall–Kier alpha value is -4.26. The number of aryl methyl sites for hydroxylation is 1. The summed E-state index contributed by atoms with van der Waals surface area (Å²) in [5.41, 5.74) is 15.2. The third-order valence-electron chi connectivity index (χ3n) is 11.8. The van der Waals surface area contributed by atoms with Crippen LogP contribution in [0.4, 0.5) is 11.4 Å². The van der Waals surface area contributed by atoms with E-state index in [1.807, 2.05) is 23.5 Å². The van der Waals surface area contributed by atoms with E-state index in [9.17, 15) is 0 Å². The Balaban J connectivity index is 1.09. The first-order chi connectivity index (χ1) is 24.9. The Labute approximate surface area is 309 Å². The van der Waals surface area contributed by atoms with Gasteiger partial charge in [0.15, 0.2) is 5.75 Å². The summed E-state index contributed by atoms with van der Waals surface area (Å²) in [4.78, 5) is 8.06. The van der Waals surface area contributed by atoms with Crippen LogP contribution in [-0.2, 0) is 18.3 Å². The second kappa shape index (κ2) is 11.1. The van der Waals surface area contributed by atoms with Crippen LogP contribution in [0.1, 0.15) is 69.7 Å². The molecule has 1 aromatic heterocycles. The molecule has 6 heteroatoms. The topological polar surface area (TPSA) is 17.4 Å². The summed E-state index contributed by atoms with van der Waals surface area (Å²) in [6.45, 7) is 7.25. The van der Waals surface area contributed by atoms with Crippen molar-refractivity contribution in [3.8, 4) is 11.4 Å². The van der Waals surface area contributed by atoms with Crippen LogP contribution in [0.3, 0.4) is 0 Å². The van der Waals surface area contributed by atoms with Gasteiger partial charge in [-0.1, -0.05) is 97.7 Å². The lowest BCUT2D eigenvalue weighted by molar-refractivity contribution is 0.363. The fourth-order valence-corrected chi connectivity index (χ4v) is 11.9. The highest BCUT2D eigenvalue weighted by molar-refractivity contribution is 8.01. The maximum atomic E-state index is 6.50. The molecular formula is C45H39BN2OS2. The lowest BCUT2D eigenvalue weighted by Gasteiger charge is -2.38. The number of benzene rings is 5. The number of hydrogen-bond donors (Lipinski definition) is 0. The second-order valence-corrected chi connectivity index (χ2v) is 18.0. The molecule has 0 spiro atoms. The number of anilines is 2. The average molecular weight is 699 g/mol. The molecule has 51 heavy (non-hydrogen) atoms. The SMILES string of the molecule is CC(C)(C)c1cc2c3c(c1)Sc1cc(-n4c5c(c6ccccc64)CCC5)ccc1B3c1ccc(N3C4=C(CCCC4)Oc4ccccc43)cc1S2. The van der Waals surface area contributed by atoms with Crippen molar-refractivity contribution in [1.29, 1.82) is 0 Å². The van der Waals surface area contributed by atoms with Gasteiger partial charge in [0, 0.05) is 48.5 Å². The van der Waals surface area contributed by atoms with Crippen molar-refractivity contribution in [1.82, 2.24) is 4.57 Å². The van der Waals surface area contributed by atoms with Gasteiger partial charge < -0.3 is 14.2 Å². The van der Waals surface area contributed by atoms with Gasteiger partial charge in [-0.2, -0.15) is 0 Å². The average Bonchev–Trinajstić information content (AvgIpc) is 3.74. The maximum absolute atomic E-state index is 6.50. The van der Waals surface area contributed by atoms with E-state index in [0.717, 1.165) is 36.5 Å². The van der Waals surface area contributed by atoms with Crippen LogP contribution < -0.4 is 26.0 Å². The first kappa shape index (κ1) is 30.4. The monoisotopic (exact) mass is 698 g/mol. The van der Waals surface area contributed by atoms with E-state index >= 15 is 0 Å². The highest BCUT2D eigenvalue weighted by Gasteiger charge is 2.40. The number of aromatic nitrogens is 1. The summed E-state index contributed by atoms with van der Waals surface area (Å²) in [5.74, 6) is 2.11. The molecule has 0 unspecified atom stereocenters. The predicted molar refractivity (Wildman–Crippen MR) is 214 cm³/mol. The van der Waals surface area contributed by atoms with Gasteiger partial charge in [0.05, 0.1) is 16.9 Å². The summed E-state index contributed by atoms with van der Waals surface area (Å²) >= 11 is 3.95. The molecule has 4 heterocycles. The van der Waals surface area contributed by atoms with Gasteiger partial charge in [0.25, 0.3) is 0 Å². The smallest absolute Gasteiger partial charge is 0.247 e. The predicted octanol–water partition coefficient (Wildman–Crippen LogP) is 10.2. The van der Waals surface area contributed by atoms with E-state index in [1.165, 1.54) is 101 Å². The molecule has 0 saturated carbocycles.